The Morgan fingerprint density at radius 3 is 2.50 bits per heavy atom. The summed E-state index contributed by atoms with van der Waals surface area (Å²) >= 11 is 0. The monoisotopic (exact) mass is 142 g/mol. The Hall–Kier alpha value is -0.0400. The topological polar surface area (TPSA) is 9.23 Å². The number of ether oxygens (including phenoxy) is 1. The van der Waals surface area contributed by atoms with Crippen molar-refractivity contribution in [3.63, 3.8) is 0 Å². The van der Waals surface area contributed by atoms with E-state index in [1.165, 1.54) is 25.7 Å². The maximum Gasteiger partial charge on any atom is 0.0490 e. The van der Waals surface area contributed by atoms with E-state index in [0.29, 0.717) is 0 Å². The zero-order valence-corrected chi connectivity index (χ0v) is 7.10. The molecule has 1 atom stereocenters. The minimum atomic E-state index is 0.785. The maximum absolute atomic E-state index is 5.12. The Bertz CT molecular complexity index is 84.7. The van der Waals surface area contributed by atoms with E-state index >= 15 is 0 Å². The average molecular weight is 142 g/mol. The van der Waals surface area contributed by atoms with Gasteiger partial charge in [-0.1, -0.05) is 32.6 Å². The molecular weight excluding hydrogens is 124 g/mol. The largest absolute Gasteiger partial charge is 0.384 e. The molecule has 1 rings (SSSR count). The number of rotatable bonds is 3. The van der Waals surface area contributed by atoms with Gasteiger partial charge in [-0.2, -0.15) is 0 Å². The van der Waals surface area contributed by atoms with Crippen molar-refractivity contribution in [1.82, 2.24) is 0 Å². The molecule has 60 valence electrons. The van der Waals surface area contributed by atoms with Crippen molar-refractivity contribution in [2.75, 3.05) is 13.7 Å². The quantitative estimate of drug-likeness (QED) is 0.588. The smallest absolute Gasteiger partial charge is 0.0490 e. The predicted octanol–water partition coefficient (Wildman–Crippen LogP) is 2.46. The molecule has 1 unspecified atom stereocenters. The molecule has 0 N–H and O–H groups in total. The van der Waals surface area contributed by atoms with Crippen LogP contribution in [0.3, 0.4) is 0 Å². The van der Waals surface area contributed by atoms with E-state index in [9.17, 15) is 0 Å². The van der Waals surface area contributed by atoms with Crippen molar-refractivity contribution in [2.45, 2.75) is 32.6 Å². The van der Waals surface area contributed by atoms with Crippen molar-refractivity contribution in [1.29, 1.82) is 0 Å². The molecule has 10 heavy (non-hydrogen) atoms. The fraction of sp³-hybridized carbons (Fsp3) is 1.00. The van der Waals surface area contributed by atoms with Gasteiger partial charge in [-0.25, -0.2) is 0 Å². The molecule has 1 fully saturated rings. The summed E-state index contributed by atoms with van der Waals surface area (Å²) in [5.74, 6) is 1.74. The Morgan fingerprint density at radius 1 is 1.40 bits per heavy atom. The van der Waals surface area contributed by atoms with Crippen LogP contribution in [-0.2, 0) is 4.74 Å². The van der Waals surface area contributed by atoms with Crippen LogP contribution < -0.4 is 0 Å². The fourth-order valence-electron chi connectivity index (χ4n) is 1.93. The second-order valence-electron chi connectivity index (χ2n) is 3.48. The summed E-state index contributed by atoms with van der Waals surface area (Å²) in [6, 6.07) is 0. The van der Waals surface area contributed by atoms with Crippen molar-refractivity contribution in [2.24, 2.45) is 11.8 Å². The lowest BCUT2D eigenvalue weighted by Gasteiger charge is -2.16. The SMILES string of the molecule is COCC(C)C1CCCC1. The van der Waals surface area contributed by atoms with Gasteiger partial charge in [0.15, 0.2) is 0 Å². The first-order valence-corrected chi connectivity index (χ1v) is 4.33. The Balaban J connectivity index is 2.18. The zero-order valence-electron chi connectivity index (χ0n) is 7.10. The van der Waals surface area contributed by atoms with Gasteiger partial charge in [0, 0.05) is 13.7 Å². The third kappa shape index (κ3) is 1.98. The predicted molar refractivity (Wildman–Crippen MR) is 43.0 cm³/mol. The van der Waals surface area contributed by atoms with Crippen molar-refractivity contribution in [3.8, 4) is 0 Å². The summed E-state index contributed by atoms with van der Waals surface area (Å²) in [5, 5.41) is 0. The minimum absolute atomic E-state index is 0.785. The second kappa shape index (κ2) is 3.97. The molecule has 0 aromatic carbocycles. The normalized spacial score (nSPS) is 23.4. The Morgan fingerprint density at radius 2 is 2.00 bits per heavy atom. The molecule has 1 aliphatic carbocycles. The molecule has 0 bridgehead atoms. The van der Waals surface area contributed by atoms with E-state index in [1.807, 2.05) is 0 Å². The molecular formula is C9H18O. The molecule has 0 aromatic rings. The molecule has 1 aliphatic rings. The molecule has 0 saturated heterocycles. The fourth-order valence-corrected chi connectivity index (χ4v) is 1.93. The first-order valence-electron chi connectivity index (χ1n) is 4.33. The lowest BCUT2D eigenvalue weighted by molar-refractivity contribution is 0.131. The van der Waals surface area contributed by atoms with Gasteiger partial charge in [-0.05, 0) is 11.8 Å². The van der Waals surface area contributed by atoms with Crippen LogP contribution in [0.4, 0.5) is 0 Å². The van der Waals surface area contributed by atoms with Crippen molar-refractivity contribution >= 4 is 0 Å². The zero-order chi connectivity index (χ0) is 7.40. The molecule has 0 aliphatic heterocycles. The number of hydrogen-bond donors (Lipinski definition) is 0. The first-order chi connectivity index (χ1) is 4.84. The van der Waals surface area contributed by atoms with Crippen LogP contribution in [0, 0.1) is 11.8 Å². The van der Waals surface area contributed by atoms with Crippen LogP contribution in [0.15, 0.2) is 0 Å². The van der Waals surface area contributed by atoms with Gasteiger partial charge < -0.3 is 4.74 Å². The highest BCUT2D eigenvalue weighted by Crippen LogP contribution is 2.30. The number of hydrogen-bond acceptors (Lipinski definition) is 1. The number of methoxy groups -OCH3 is 1. The summed E-state index contributed by atoms with van der Waals surface area (Å²) in [7, 11) is 1.80. The van der Waals surface area contributed by atoms with E-state index in [-0.39, 0.29) is 0 Å². The average Bonchev–Trinajstić information content (AvgIpc) is 2.38. The van der Waals surface area contributed by atoms with Gasteiger partial charge >= 0.3 is 0 Å². The lowest BCUT2D eigenvalue weighted by atomic mass is 9.93. The van der Waals surface area contributed by atoms with Crippen LogP contribution in [0.5, 0.6) is 0 Å². The first kappa shape index (κ1) is 8.06. The molecule has 0 spiro atoms. The molecule has 1 nitrogen and oxygen atoms in total. The third-order valence-electron chi connectivity index (χ3n) is 2.63. The highest BCUT2D eigenvalue weighted by molar-refractivity contribution is 4.71. The van der Waals surface area contributed by atoms with E-state index in [2.05, 4.69) is 6.92 Å². The van der Waals surface area contributed by atoms with Gasteiger partial charge in [0.2, 0.25) is 0 Å². The minimum Gasteiger partial charge on any atom is -0.384 e. The van der Waals surface area contributed by atoms with Gasteiger partial charge in [-0.3, -0.25) is 0 Å². The van der Waals surface area contributed by atoms with E-state index < -0.39 is 0 Å². The summed E-state index contributed by atoms with van der Waals surface area (Å²) in [6.45, 7) is 3.25. The van der Waals surface area contributed by atoms with Gasteiger partial charge in [-0.15, -0.1) is 0 Å². The van der Waals surface area contributed by atoms with Gasteiger partial charge in [0.05, 0.1) is 0 Å². The molecule has 0 amide bonds. The Labute approximate surface area is 63.8 Å². The Kier molecular flexibility index (Phi) is 3.20. The van der Waals surface area contributed by atoms with Crippen LogP contribution >= 0.6 is 0 Å². The molecule has 0 aromatic heterocycles. The van der Waals surface area contributed by atoms with Gasteiger partial charge in [0.1, 0.15) is 0 Å². The molecule has 0 radical (unpaired) electrons. The molecule has 1 heteroatoms. The summed E-state index contributed by atoms with van der Waals surface area (Å²) in [5.41, 5.74) is 0. The maximum atomic E-state index is 5.12. The second-order valence-corrected chi connectivity index (χ2v) is 3.48. The van der Waals surface area contributed by atoms with Crippen molar-refractivity contribution < 1.29 is 4.74 Å². The summed E-state index contributed by atoms with van der Waals surface area (Å²) in [4.78, 5) is 0. The standard InChI is InChI=1S/C9H18O/c1-8(7-10-2)9-5-3-4-6-9/h8-9H,3-7H2,1-2H3. The lowest BCUT2D eigenvalue weighted by Crippen LogP contribution is -2.13. The molecule has 1 saturated carbocycles. The van der Waals surface area contributed by atoms with E-state index in [4.69, 9.17) is 4.74 Å². The summed E-state index contributed by atoms with van der Waals surface area (Å²) in [6.07, 6.45) is 5.76. The van der Waals surface area contributed by atoms with Crippen LogP contribution in [0.25, 0.3) is 0 Å². The van der Waals surface area contributed by atoms with Gasteiger partial charge in [0.25, 0.3) is 0 Å². The van der Waals surface area contributed by atoms with E-state index in [0.717, 1.165) is 18.4 Å². The summed E-state index contributed by atoms with van der Waals surface area (Å²) < 4.78 is 5.12. The van der Waals surface area contributed by atoms with Crippen LogP contribution in [-0.4, -0.2) is 13.7 Å². The molecule has 0 heterocycles. The van der Waals surface area contributed by atoms with Crippen LogP contribution in [0.2, 0.25) is 0 Å². The highest BCUT2D eigenvalue weighted by atomic mass is 16.5. The highest BCUT2D eigenvalue weighted by Gasteiger charge is 2.20. The van der Waals surface area contributed by atoms with Crippen LogP contribution in [0.1, 0.15) is 32.6 Å². The van der Waals surface area contributed by atoms with E-state index in [1.54, 1.807) is 7.11 Å². The third-order valence-corrected chi connectivity index (χ3v) is 2.63. The van der Waals surface area contributed by atoms with Crippen molar-refractivity contribution in [3.05, 3.63) is 0 Å².